The molecule has 0 atom stereocenters. The second-order valence-electron chi connectivity index (χ2n) is 6.12. The summed E-state index contributed by atoms with van der Waals surface area (Å²) < 4.78 is 80.0. The zero-order chi connectivity index (χ0) is 21.5. The molecule has 0 N–H and O–H groups in total. The SMILES string of the molecule is FC(F)(F)c1ccc(-c2cc(C(F)(F)F)c3ncc(C#Cc4cccs4)n3n2)cc1. The summed E-state index contributed by atoms with van der Waals surface area (Å²) in [5.41, 5.74) is -2.33. The van der Waals surface area contributed by atoms with Crippen LogP contribution in [-0.2, 0) is 12.4 Å². The van der Waals surface area contributed by atoms with E-state index in [1.807, 2.05) is 0 Å². The molecule has 0 bridgehead atoms. The van der Waals surface area contributed by atoms with Gasteiger partial charge in [0.05, 0.1) is 22.3 Å². The van der Waals surface area contributed by atoms with E-state index in [2.05, 4.69) is 21.9 Å². The Balaban J connectivity index is 1.87. The maximum Gasteiger partial charge on any atom is 0.420 e. The van der Waals surface area contributed by atoms with Crippen LogP contribution in [-0.4, -0.2) is 14.6 Å². The Morgan fingerprint density at radius 3 is 2.23 bits per heavy atom. The lowest BCUT2D eigenvalue weighted by molar-refractivity contribution is -0.138. The quantitative estimate of drug-likeness (QED) is 0.274. The molecule has 0 unspecified atom stereocenters. The Morgan fingerprint density at radius 2 is 1.63 bits per heavy atom. The highest BCUT2D eigenvalue weighted by Gasteiger charge is 2.35. The molecule has 1 aromatic carbocycles. The summed E-state index contributed by atoms with van der Waals surface area (Å²) in [7, 11) is 0. The smallest absolute Gasteiger partial charge is 0.234 e. The van der Waals surface area contributed by atoms with Crippen LogP contribution in [0, 0.1) is 11.8 Å². The fourth-order valence-electron chi connectivity index (χ4n) is 2.71. The number of fused-ring (bicyclic) bond motifs is 1. The van der Waals surface area contributed by atoms with Gasteiger partial charge in [-0.2, -0.15) is 31.4 Å². The molecule has 3 nitrogen and oxygen atoms in total. The third kappa shape index (κ3) is 3.89. The van der Waals surface area contributed by atoms with Crippen LogP contribution in [0.1, 0.15) is 21.7 Å². The number of halogens is 6. The van der Waals surface area contributed by atoms with Crippen molar-refractivity contribution >= 4 is 17.0 Å². The molecular formula is C20H9F6N3S. The van der Waals surface area contributed by atoms with Crippen molar-refractivity contribution in [3.63, 3.8) is 0 Å². The molecule has 3 heterocycles. The lowest BCUT2D eigenvalue weighted by Gasteiger charge is -2.11. The van der Waals surface area contributed by atoms with E-state index in [0.717, 1.165) is 34.8 Å². The molecule has 30 heavy (non-hydrogen) atoms. The highest BCUT2D eigenvalue weighted by molar-refractivity contribution is 7.10. The summed E-state index contributed by atoms with van der Waals surface area (Å²) in [6.45, 7) is 0. The van der Waals surface area contributed by atoms with Gasteiger partial charge in [0.15, 0.2) is 5.65 Å². The van der Waals surface area contributed by atoms with E-state index in [1.165, 1.54) is 17.5 Å². The summed E-state index contributed by atoms with van der Waals surface area (Å²) in [6.07, 6.45) is -8.12. The number of benzene rings is 1. The highest BCUT2D eigenvalue weighted by atomic mass is 32.1. The van der Waals surface area contributed by atoms with Crippen molar-refractivity contribution in [2.75, 3.05) is 0 Å². The van der Waals surface area contributed by atoms with E-state index < -0.39 is 29.1 Å². The van der Waals surface area contributed by atoms with E-state index in [4.69, 9.17) is 0 Å². The van der Waals surface area contributed by atoms with Crippen LogP contribution in [0.5, 0.6) is 0 Å². The third-order valence-corrected chi connectivity index (χ3v) is 4.90. The number of thiophene rings is 1. The second-order valence-corrected chi connectivity index (χ2v) is 7.07. The molecule has 0 saturated heterocycles. The van der Waals surface area contributed by atoms with Gasteiger partial charge in [0, 0.05) is 5.56 Å². The fraction of sp³-hybridized carbons (Fsp3) is 0.100. The van der Waals surface area contributed by atoms with Gasteiger partial charge in [-0.05, 0) is 41.5 Å². The molecule has 0 radical (unpaired) electrons. The molecule has 0 spiro atoms. The summed E-state index contributed by atoms with van der Waals surface area (Å²) in [5.74, 6) is 5.56. The summed E-state index contributed by atoms with van der Waals surface area (Å²) >= 11 is 1.37. The van der Waals surface area contributed by atoms with Crippen LogP contribution < -0.4 is 0 Å². The first-order valence-electron chi connectivity index (χ1n) is 8.32. The van der Waals surface area contributed by atoms with Gasteiger partial charge in [-0.15, -0.1) is 11.3 Å². The molecular weight excluding hydrogens is 428 g/mol. The number of hydrogen-bond acceptors (Lipinski definition) is 3. The van der Waals surface area contributed by atoms with Crippen molar-refractivity contribution in [3.05, 3.63) is 75.7 Å². The van der Waals surface area contributed by atoms with Gasteiger partial charge < -0.3 is 0 Å². The summed E-state index contributed by atoms with van der Waals surface area (Å²) in [4.78, 5) is 4.51. The number of imidazole rings is 1. The van der Waals surface area contributed by atoms with Crippen LogP contribution in [0.2, 0.25) is 0 Å². The Morgan fingerprint density at radius 1 is 0.900 bits per heavy atom. The largest absolute Gasteiger partial charge is 0.420 e. The van der Waals surface area contributed by atoms with Crippen LogP contribution in [0.3, 0.4) is 0 Å². The third-order valence-electron chi connectivity index (χ3n) is 4.12. The first-order chi connectivity index (χ1) is 14.1. The van der Waals surface area contributed by atoms with E-state index in [9.17, 15) is 26.3 Å². The number of hydrogen-bond donors (Lipinski definition) is 0. The van der Waals surface area contributed by atoms with E-state index in [-0.39, 0.29) is 17.0 Å². The lowest BCUT2D eigenvalue weighted by Crippen LogP contribution is -2.11. The Kier molecular flexibility index (Phi) is 4.78. The predicted octanol–water partition coefficient (Wildman–Crippen LogP) is 5.90. The minimum absolute atomic E-state index is 0.0984. The van der Waals surface area contributed by atoms with Crippen molar-refractivity contribution in [3.8, 4) is 23.1 Å². The summed E-state index contributed by atoms with van der Waals surface area (Å²) in [6, 6.07) is 8.03. The molecule has 0 aliphatic carbocycles. The Labute approximate surface area is 169 Å². The molecule has 4 rings (SSSR count). The topological polar surface area (TPSA) is 30.2 Å². The van der Waals surface area contributed by atoms with Crippen LogP contribution in [0.25, 0.3) is 16.9 Å². The number of nitrogens with zero attached hydrogens (tertiary/aromatic N) is 3. The predicted molar refractivity (Wildman–Crippen MR) is 98.7 cm³/mol. The van der Waals surface area contributed by atoms with Crippen molar-refractivity contribution < 1.29 is 26.3 Å². The van der Waals surface area contributed by atoms with Crippen LogP contribution in [0.15, 0.2) is 54.0 Å². The molecule has 152 valence electrons. The maximum absolute atomic E-state index is 13.6. The van der Waals surface area contributed by atoms with Crippen molar-refractivity contribution in [2.45, 2.75) is 12.4 Å². The highest BCUT2D eigenvalue weighted by Crippen LogP contribution is 2.35. The van der Waals surface area contributed by atoms with Crippen LogP contribution in [0.4, 0.5) is 26.3 Å². The first-order valence-corrected chi connectivity index (χ1v) is 9.20. The minimum Gasteiger partial charge on any atom is -0.234 e. The van der Waals surface area contributed by atoms with Crippen molar-refractivity contribution in [2.24, 2.45) is 0 Å². The molecule has 4 aromatic rings. The Bertz CT molecular complexity index is 1260. The molecule has 0 fully saturated rings. The first kappa shape index (κ1) is 20.0. The average molecular weight is 437 g/mol. The standard InChI is InChI=1S/C20H9F6N3S/c21-19(22,23)13-5-3-12(4-6-13)17-10-16(20(24,25)26)18-27-11-14(29(18)28-17)7-8-15-2-1-9-30-15/h1-6,9-11H. The number of rotatable bonds is 1. The zero-order valence-corrected chi connectivity index (χ0v) is 15.5. The van der Waals surface area contributed by atoms with Crippen LogP contribution >= 0.6 is 11.3 Å². The molecule has 0 aliphatic rings. The van der Waals surface area contributed by atoms with E-state index >= 15 is 0 Å². The van der Waals surface area contributed by atoms with Crippen molar-refractivity contribution in [1.29, 1.82) is 0 Å². The zero-order valence-electron chi connectivity index (χ0n) is 14.7. The molecule has 10 heteroatoms. The second kappa shape index (κ2) is 7.18. The van der Waals surface area contributed by atoms with Gasteiger partial charge in [0.1, 0.15) is 11.3 Å². The van der Waals surface area contributed by atoms with E-state index in [0.29, 0.717) is 4.88 Å². The molecule has 0 saturated carbocycles. The van der Waals surface area contributed by atoms with E-state index in [1.54, 1.807) is 17.5 Å². The lowest BCUT2D eigenvalue weighted by atomic mass is 10.1. The maximum atomic E-state index is 13.6. The Hall–Kier alpha value is -3.32. The molecule has 0 aliphatic heterocycles. The van der Waals surface area contributed by atoms with Gasteiger partial charge in [-0.25, -0.2) is 9.50 Å². The van der Waals surface area contributed by atoms with Gasteiger partial charge in [-0.1, -0.05) is 18.2 Å². The van der Waals surface area contributed by atoms with Gasteiger partial charge in [0.2, 0.25) is 0 Å². The number of aromatic nitrogens is 3. The molecule has 3 aromatic heterocycles. The summed E-state index contributed by atoms with van der Waals surface area (Å²) in [5, 5.41) is 5.95. The van der Waals surface area contributed by atoms with Gasteiger partial charge in [-0.3, -0.25) is 0 Å². The fourth-order valence-corrected chi connectivity index (χ4v) is 3.28. The van der Waals surface area contributed by atoms with Gasteiger partial charge >= 0.3 is 12.4 Å². The minimum atomic E-state index is -4.74. The van der Waals surface area contributed by atoms with Gasteiger partial charge in [0.25, 0.3) is 0 Å². The normalized spacial score (nSPS) is 12.1. The molecule has 0 amide bonds. The average Bonchev–Trinajstić information content (AvgIpc) is 3.34. The monoisotopic (exact) mass is 437 g/mol. The number of alkyl halides is 6. The van der Waals surface area contributed by atoms with Crippen molar-refractivity contribution in [1.82, 2.24) is 14.6 Å².